The molecule has 0 aromatic heterocycles. The molecule has 1 aliphatic heterocycles. The number of esters is 1. The van der Waals surface area contributed by atoms with Gasteiger partial charge >= 0.3 is 5.97 Å². The van der Waals surface area contributed by atoms with Crippen LogP contribution in [0.4, 0.5) is 0 Å². The van der Waals surface area contributed by atoms with Crippen molar-refractivity contribution in [2.24, 2.45) is 5.41 Å². The number of hydrogen-bond acceptors (Lipinski definition) is 3. The van der Waals surface area contributed by atoms with Gasteiger partial charge in [0.1, 0.15) is 0 Å². The van der Waals surface area contributed by atoms with Gasteiger partial charge in [0, 0.05) is 10.4 Å². The molecule has 0 amide bonds. The van der Waals surface area contributed by atoms with Crippen LogP contribution < -0.4 is 0 Å². The van der Waals surface area contributed by atoms with E-state index in [0.717, 1.165) is 5.56 Å². The first-order valence-corrected chi connectivity index (χ1v) is 5.87. The molecule has 3 nitrogen and oxygen atoms in total. The fraction of sp³-hybridized carbons (Fsp3) is 0.462. The molecule has 92 valence electrons. The molecule has 2 atom stereocenters. The molecule has 1 aromatic rings. The molecule has 1 saturated heterocycles. The number of rotatable bonds is 1. The van der Waals surface area contributed by atoms with Crippen LogP contribution in [0.25, 0.3) is 0 Å². The van der Waals surface area contributed by atoms with E-state index in [0.29, 0.717) is 5.02 Å². The van der Waals surface area contributed by atoms with Gasteiger partial charge < -0.3 is 9.47 Å². The summed E-state index contributed by atoms with van der Waals surface area (Å²) in [6, 6.07) is 7.08. The summed E-state index contributed by atoms with van der Waals surface area (Å²) >= 11 is 5.89. The zero-order valence-electron chi connectivity index (χ0n) is 10.1. The lowest BCUT2D eigenvalue weighted by Gasteiger charge is -2.24. The highest BCUT2D eigenvalue weighted by Crippen LogP contribution is 2.36. The highest BCUT2D eigenvalue weighted by Gasteiger charge is 2.42. The second-order valence-corrected chi connectivity index (χ2v) is 5.64. The Kier molecular flexibility index (Phi) is 3.15. The zero-order chi connectivity index (χ0) is 12.6. The molecule has 0 aliphatic carbocycles. The van der Waals surface area contributed by atoms with Crippen molar-refractivity contribution in [1.82, 2.24) is 0 Å². The van der Waals surface area contributed by atoms with E-state index in [4.69, 9.17) is 21.1 Å². The van der Waals surface area contributed by atoms with Gasteiger partial charge in [-0.3, -0.25) is 0 Å². The average molecular weight is 255 g/mol. The topological polar surface area (TPSA) is 35.5 Å². The van der Waals surface area contributed by atoms with Gasteiger partial charge in [-0.05, 0) is 17.7 Å². The fourth-order valence-electron chi connectivity index (χ4n) is 1.64. The van der Waals surface area contributed by atoms with Crippen LogP contribution in [0.2, 0.25) is 5.02 Å². The molecule has 2 rings (SSSR count). The number of carbonyl (C=O) groups excluding carboxylic acids is 1. The number of halogens is 1. The Labute approximate surface area is 106 Å². The minimum Gasteiger partial charge on any atom is -0.433 e. The summed E-state index contributed by atoms with van der Waals surface area (Å²) in [5, 5.41) is 0.582. The third-order valence-corrected chi connectivity index (χ3v) is 2.79. The van der Waals surface area contributed by atoms with E-state index in [1.165, 1.54) is 0 Å². The Morgan fingerprint density at radius 2 is 2.00 bits per heavy atom. The summed E-state index contributed by atoms with van der Waals surface area (Å²) < 4.78 is 10.9. The van der Waals surface area contributed by atoms with E-state index in [-0.39, 0.29) is 11.4 Å². The average Bonchev–Trinajstić information content (AvgIpc) is 2.60. The van der Waals surface area contributed by atoms with Crippen LogP contribution in [-0.4, -0.2) is 12.3 Å². The minimum atomic E-state index is -0.669. The van der Waals surface area contributed by atoms with E-state index in [1.54, 1.807) is 18.2 Å². The summed E-state index contributed by atoms with van der Waals surface area (Å²) in [5.74, 6) is -0.354. The van der Waals surface area contributed by atoms with Crippen LogP contribution in [-0.2, 0) is 14.3 Å². The van der Waals surface area contributed by atoms with Crippen molar-refractivity contribution in [3.8, 4) is 0 Å². The molecule has 1 fully saturated rings. The first-order chi connectivity index (χ1) is 7.88. The number of hydrogen-bond donors (Lipinski definition) is 0. The lowest BCUT2D eigenvalue weighted by molar-refractivity contribution is -0.154. The van der Waals surface area contributed by atoms with Crippen molar-refractivity contribution in [2.45, 2.75) is 33.2 Å². The monoisotopic (exact) mass is 254 g/mol. The van der Waals surface area contributed by atoms with Gasteiger partial charge in [0.05, 0.1) is 0 Å². The Bertz CT molecular complexity index is 437. The smallest absolute Gasteiger partial charge is 0.342 e. The van der Waals surface area contributed by atoms with Gasteiger partial charge in [-0.25, -0.2) is 4.79 Å². The van der Waals surface area contributed by atoms with Gasteiger partial charge in [0.2, 0.25) is 6.29 Å². The zero-order valence-corrected chi connectivity index (χ0v) is 10.8. The number of cyclic esters (lactones) is 1. The molecule has 0 spiro atoms. The second kappa shape index (κ2) is 4.31. The van der Waals surface area contributed by atoms with Crippen LogP contribution in [0.5, 0.6) is 0 Å². The molecule has 1 heterocycles. The second-order valence-electron chi connectivity index (χ2n) is 5.21. The Morgan fingerprint density at radius 3 is 2.53 bits per heavy atom. The van der Waals surface area contributed by atoms with Crippen molar-refractivity contribution in [3.63, 3.8) is 0 Å². The third-order valence-electron chi connectivity index (χ3n) is 2.56. The predicted octanol–water partition coefficient (Wildman–Crippen LogP) is 3.33. The fourth-order valence-corrected chi connectivity index (χ4v) is 1.84. The third kappa shape index (κ3) is 2.61. The van der Waals surface area contributed by atoms with Gasteiger partial charge in [-0.1, -0.05) is 44.5 Å². The van der Waals surface area contributed by atoms with Crippen molar-refractivity contribution in [2.75, 3.05) is 0 Å². The van der Waals surface area contributed by atoms with Crippen molar-refractivity contribution in [1.29, 1.82) is 0 Å². The largest absolute Gasteiger partial charge is 0.433 e. The molecular weight excluding hydrogens is 240 g/mol. The molecule has 1 aromatic carbocycles. The Balaban J connectivity index is 2.22. The number of ether oxygens (including phenoxy) is 2. The van der Waals surface area contributed by atoms with Crippen LogP contribution in [0.3, 0.4) is 0 Å². The molecule has 0 bridgehead atoms. The summed E-state index contributed by atoms with van der Waals surface area (Å²) in [4.78, 5) is 11.8. The molecule has 0 unspecified atom stereocenters. The van der Waals surface area contributed by atoms with Gasteiger partial charge in [-0.15, -0.1) is 0 Å². The van der Waals surface area contributed by atoms with Crippen molar-refractivity contribution >= 4 is 17.6 Å². The van der Waals surface area contributed by atoms with Gasteiger partial charge in [0.25, 0.3) is 0 Å². The first-order valence-electron chi connectivity index (χ1n) is 5.49. The quantitative estimate of drug-likeness (QED) is 0.721. The number of benzene rings is 1. The van der Waals surface area contributed by atoms with Crippen LogP contribution >= 0.6 is 11.6 Å². The minimum absolute atomic E-state index is 0.233. The maximum atomic E-state index is 11.8. The molecule has 0 saturated carbocycles. The molecule has 17 heavy (non-hydrogen) atoms. The van der Waals surface area contributed by atoms with Crippen LogP contribution in [0.15, 0.2) is 24.3 Å². The Morgan fingerprint density at radius 1 is 1.29 bits per heavy atom. The summed E-state index contributed by atoms with van der Waals surface area (Å²) in [5.41, 5.74) is 0.498. The van der Waals surface area contributed by atoms with E-state index in [1.807, 2.05) is 26.8 Å². The Hall–Kier alpha value is -1.06. The summed E-state index contributed by atoms with van der Waals surface area (Å²) in [6.45, 7) is 5.89. The first kappa shape index (κ1) is 12.4. The molecule has 0 N–H and O–H groups in total. The van der Waals surface area contributed by atoms with Gasteiger partial charge in [0.15, 0.2) is 6.10 Å². The normalized spacial score (nSPS) is 24.8. The van der Waals surface area contributed by atoms with Crippen LogP contribution in [0, 0.1) is 5.41 Å². The molecule has 1 aliphatic rings. The summed E-state index contributed by atoms with van der Waals surface area (Å²) in [7, 11) is 0. The lowest BCUT2D eigenvalue weighted by atomic mass is 9.96. The lowest BCUT2D eigenvalue weighted by Crippen LogP contribution is -2.27. The predicted molar refractivity (Wildman–Crippen MR) is 64.6 cm³/mol. The SMILES string of the molecule is CC(C)(C)[C@H]1OC(=O)[C@@H](c2cccc(Cl)c2)O1. The van der Waals surface area contributed by atoms with Gasteiger partial charge in [-0.2, -0.15) is 0 Å². The van der Waals surface area contributed by atoms with Crippen LogP contribution in [0.1, 0.15) is 32.4 Å². The van der Waals surface area contributed by atoms with Crippen molar-refractivity contribution < 1.29 is 14.3 Å². The standard InChI is InChI=1S/C13H15ClO3/c1-13(2,3)12-16-10(11(15)17-12)8-5-4-6-9(14)7-8/h4-7,10,12H,1-3H3/t10-,12-/m1/s1. The molecule has 4 heteroatoms. The summed E-state index contributed by atoms with van der Waals surface area (Å²) in [6.07, 6.45) is -1.18. The number of carbonyl (C=O) groups is 1. The highest BCUT2D eigenvalue weighted by atomic mass is 35.5. The van der Waals surface area contributed by atoms with E-state index < -0.39 is 12.4 Å². The highest BCUT2D eigenvalue weighted by molar-refractivity contribution is 6.30. The molecular formula is C13H15ClO3. The molecule has 0 radical (unpaired) electrons. The van der Waals surface area contributed by atoms with Crippen molar-refractivity contribution in [3.05, 3.63) is 34.9 Å². The maximum Gasteiger partial charge on any atom is 0.342 e. The van der Waals surface area contributed by atoms with E-state index in [9.17, 15) is 4.79 Å². The van der Waals surface area contributed by atoms with E-state index in [2.05, 4.69) is 0 Å². The maximum absolute atomic E-state index is 11.8. The van der Waals surface area contributed by atoms with E-state index >= 15 is 0 Å².